The predicted octanol–water partition coefficient (Wildman–Crippen LogP) is 3.80. The van der Waals surface area contributed by atoms with E-state index in [0.29, 0.717) is 11.3 Å². The molecule has 2 heterocycles. The summed E-state index contributed by atoms with van der Waals surface area (Å²) < 4.78 is 0. The lowest BCUT2D eigenvalue weighted by atomic mass is 10.2. The molecule has 7 heteroatoms. The van der Waals surface area contributed by atoms with Crippen molar-refractivity contribution in [1.82, 2.24) is 9.80 Å². The summed E-state index contributed by atoms with van der Waals surface area (Å²) in [6, 6.07) is 15.6. The maximum absolute atomic E-state index is 13.0. The Bertz CT molecular complexity index is 920. The third-order valence-corrected chi connectivity index (χ3v) is 7.31. The lowest BCUT2D eigenvalue weighted by Gasteiger charge is -2.35. The molecule has 0 atom stereocenters. The Morgan fingerprint density at radius 3 is 2.28 bits per heavy atom. The number of nitrogens with zero attached hydrogens (tertiary/aromatic N) is 3. The van der Waals surface area contributed by atoms with Gasteiger partial charge in [-0.3, -0.25) is 9.59 Å². The second kappa shape index (κ2) is 10.9. The lowest BCUT2D eigenvalue weighted by Crippen LogP contribution is -2.46. The molecule has 6 nitrogen and oxygen atoms in total. The largest absolute Gasteiger partial charge is 0.369 e. The van der Waals surface area contributed by atoms with Crippen molar-refractivity contribution in [3.05, 3.63) is 54.1 Å². The fourth-order valence-electron chi connectivity index (χ4n) is 4.25. The predicted molar refractivity (Wildman–Crippen MR) is 132 cm³/mol. The van der Waals surface area contributed by atoms with E-state index in [2.05, 4.69) is 34.2 Å². The van der Waals surface area contributed by atoms with Crippen LogP contribution in [-0.2, 0) is 4.79 Å². The van der Waals surface area contributed by atoms with E-state index in [1.807, 2.05) is 41.3 Å². The number of benzene rings is 2. The van der Waals surface area contributed by atoms with E-state index in [1.54, 1.807) is 0 Å². The summed E-state index contributed by atoms with van der Waals surface area (Å²) in [4.78, 5) is 32.9. The van der Waals surface area contributed by atoms with Crippen LogP contribution in [0.25, 0.3) is 0 Å². The maximum atomic E-state index is 13.0. The summed E-state index contributed by atoms with van der Waals surface area (Å²) in [6.45, 7) is 9.24. The van der Waals surface area contributed by atoms with Gasteiger partial charge in [0.25, 0.3) is 5.91 Å². The van der Waals surface area contributed by atoms with Gasteiger partial charge in [0.2, 0.25) is 5.91 Å². The quantitative estimate of drug-likeness (QED) is 0.648. The molecule has 4 rings (SSSR count). The Kier molecular flexibility index (Phi) is 7.71. The van der Waals surface area contributed by atoms with Gasteiger partial charge in [0, 0.05) is 55.5 Å². The third kappa shape index (κ3) is 5.64. The highest BCUT2D eigenvalue weighted by atomic mass is 32.2. The van der Waals surface area contributed by atoms with Gasteiger partial charge < -0.3 is 20.0 Å². The molecule has 0 aliphatic carbocycles. The highest BCUT2D eigenvalue weighted by Crippen LogP contribution is 2.25. The first-order valence-corrected chi connectivity index (χ1v) is 12.5. The zero-order chi connectivity index (χ0) is 22.3. The Labute approximate surface area is 194 Å². The SMILES string of the molecule is CCN1CCN(c2ccc(NC(=O)c3ccccc3SCC(=O)N3CCCC3)cc2)CC1. The van der Waals surface area contributed by atoms with E-state index < -0.39 is 0 Å². The molecule has 0 saturated carbocycles. The van der Waals surface area contributed by atoms with E-state index in [0.717, 1.165) is 69.2 Å². The van der Waals surface area contributed by atoms with Crippen LogP contribution >= 0.6 is 11.8 Å². The van der Waals surface area contributed by atoms with E-state index in [-0.39, 0.29) is 11.8 Å². The summed E-state index contributed by atoms with van der Waals surface area (Å²) in [5.74, 6) is 0.369. The van der Waals surface area contributed by atoms with Crippen molar-refractivity contribution < 1.29 is 9.59 Å². The fourth-order valence-corrected chi connectivity index (χ4v) is 5.21. The number of amides is 2. The number of hydrogen-bond donors (Lipinski definition) is 1. The van der Waals surface area contributed by atoms with Crippen LogP contribution in [0, 0.1) is 0 Å². The van der Waals surface area contributed by atoms with E-state index in [9.17, 15) is 9.59 Å². The highest BCUT2D eigenvalue weighted by molar-refractivity contribution is 8.00. The monoisotopic (exact) mass is 452 g/mol. The van der Waals surface area contributed by atoms with Crippen molar-refractivity contribution in [2.45, 2.75) is 24.7 Å². The lowest BCUT2D eigenvalue weighted by molar-refractivity contribution is -0.127. The number of rotatable bonds is 7. The molecule has 0 radical (unpaired) electrons. The molecule has 2 fully saturated rings. The smallest absolute Gasteiger partial charge is 0.256 e. The molecule has 1 N–H and O–H groups in total. The summed E-state index contributed by atoms with van der Waals surface area (Å²) in [7, 11) is 0. The van der Waals surface area contributed by atoms with Crippen molar-refractivity contribution in [3.8, 4) is 0 Å². The number of carbonyl (C=O) groups excluding carboxylic acids is 2. The van der Waals surface area contributed by atoms with Crippen molar-refractivity contribution in [2.75, 3.05) is 61.8 Å². The van der Waals surface area contributed by atoms with Crippen LogP contribution in [0.2, 0.25) is 0 Å². The second-order valence-electron chi connectivity index (χ2n) is 8.30. The number of likely N-dealkylation sites (tertiary alicyclic amines) is 1. The summed E-state index contributed by atoms with van der Waals surface area (Å²) in [5, 5.41) is 3.01. The van der Waals surface area contributed by atoms with Crippen molar-refractivity contribution in [1.29, 1.82) is 0 Å². The topological polar surface area (TPSA) is 55.9 Å². The Morgan fingerprint density at radius 1 is 0.906 bits per heavy atom. The van der Waals surface area contributed by atoms with E-state index >= 15 is 0 Å². The van der Waals surface area contributed by atoms with E-state index in [4.69, 9.17) is 0 Å². The number of carbonyl (C=O) groups is 2. The van der Waals surface area contributed by atoms with Gasteiger partial charge in [0.05, 0.1) is 11.3 Å². The number of piperazine rings is 1. The van der Waals surface area contributed by atoms with Crippen LogP contribution in [0.5, 0.6) is 0 Å². The molecule has 32 heavy (non-hydrogen) atoms. The minimum absolute atomic E-state index is 0.147. The Hall–Kier alpha value is -2.51. The molecule has 0 spiro atoms. The molecular weight excluding hydrogens is 420 g/mol. The molecule has 2 amide bonds. The fraction of sp³-hybridized carbons (Fsp3) is 0.440. The number of nitrogens with one attached hydrogen (secondary N) is 1. The van der Waals surface area contributed by atoms with Crippen LogP contribution in [0.4, 0.5) is 11.4 Å². The third-order valence-electron chi connectivity index (χ3n) is 6.25. The van der Waals surface area contributed by atoms with Crippen LogP contribution < -0.4 is 10.2 Å². The van der Waals surface area contributed by atoms with Crippen LogP contribution in [-0.4, -0.2) is 73.2 Å². The van der Waals surface area contributed by atoms with Crippen molar-refractivity contribution in [3.63, 3.8) is 0 Å². The van der Waals surface area contributed by atoms with Gasteiger partial charge in [0.1, 0.15) is 0 Å². The Balaban J connectivity index is 1.35. The van der Waals surface area contributed by atoms with Gasteiger partial charge >= 0.3 is 0 Å². The maximum Gasteiger partial charge on any atom is 0.256 e. The van der Waals surface area contributed by atoms with Crippen LogP contribution in [0.3, 0.4) is 0 Å². The van der Waals surface area contributed by atoms with Crippen LogP contribution in [0.1, 0.15) is 30.1 Å². The summed E-state index contributed by atoms with van der Waals surface area (Å²) >= 11 is 1.44. The molecule has 170 valence electrons. The first kappa shape index (κ1) is 22.7. The van der Waals surface area contributed by atoms with Gasteiger partial charge in [0.15, 0.2) is 0 Å². The molecule has 2 aliphatic heterocycles. The molecule has 0 unspecified atom stereocenters. The molecule has 2 saturated heterocycles. The molecule has 2 aliphatic rings. The zero-order valence-electron chi connectivity index (χ0n) is 18.8. The highest BCUT2D eigenvalue weighted by Gasteiger charge is 2.20. The standard InChI is InChI=1S/C25H32N4O2S/c1-2-27-15-17-28(18-16-27)21-11-9-20(10-12-21)26-25(31)22-7-3-4-8-23(22)32-19-24(30)29-13-5-6-14-29/h3-4,7-12H,2,5-6,13-19H2,1H3,(H,26,31). The number of likely N-dealkylation sites (N-methyl/N-ethyl adjacent to an activating group) is 1. The van der Waals surface area contributed by atoms with Gasteiger partial charge in [-0.05, 0) is 55.8 Å². The van der Waals surface area contributed by atoms with Crippen molar-refractivity contribution in [2.24, 2.45) is 0 Å². The van der Waals surface area contributed by atoms with Gasteiger partial charge in [-0.15, -0.1) is 11.8 Å². The second-order valence-corrected chi connectivity index (χ2v) is 9.31. The first-order valence-electron chi connectivity index (χ1n) is 11.5. The zero-order valence-corrected chi connectivity index (χ0v) is 19.6. The van der Waals surface area contributed by atoms with Crippen LogP contribution in [0.15, 0.2) is 53.4 Å². The van der Waals surface area contributed by atoms with Crippen molar-refractivity contribution >= 4 is 35.0 Å². The first-order chi connectivity index (χ1) is 15.6. The number of hydrogen-bond acceptors (Lipinski definition) is 5. The average molecular weight is 453 g/mol. The normalized spacial score (nSPS) is 16.9. The summed E-state index contributed by atoms with van der Waals surface area (Å²) in [5.41, 5.74) is 2.57. The molecular formula is C25H32N4O2S. The molecule has 2 aromatic carbocycles. The number of thioether (sulfide) groups is 1. The minimum Gasteiger partial charge on any atom is -0.369 e. The minimum atomic E-state index is -0.147. The van der Waals surface area contributed by atoms with Gasteiger partial charge in [-0.2, -0.15) is 0 Å². The molecule has 0 aromatic heterocycles. The Morgan fingerprint density at radius 2 is 1.59 bits per heavy atom. The summed E-state index contributed by atoms with van der Waals surface area (Å²) in [6.07, 6.45) is 2.17. The molecule has 2 aromatic rings. The molecule has 0 bridgehead atoms. The average Bonchev–Trinajstić information content (AvgIpc) is 3.38. The van der Waals surface area contributed by atoms with E-state index in [1.165, 1.54) is 17.4 Å². The van der Waals surface area contributed by atoms with Gasteiger partial charge in [-0.1, -0.05) is 19.1 Å². The number of anilines is 2. The van der Waals surface area contributed by atoms with Gasteiger partial charge in [-0.25, -0.2) is 0 Å².